The van der Waals surface area contributed by atoms with E-state index in [1.807, 2.05) is 31.2 Å². The number of nitrogens with one attached hydrogen (secondary N) is 1. The van der Waals surface area contributed by atoms with Gasteiger partial charge in [0.25, 0.3) is 5.91 Å². The van der Waals surface area contributed by atoms with Crippen molar-refractivity contribution in [1.29, 1.82) is 0 Å². The van der Waals surface area contributed by atoms with Crippen molar-refractivity contribution in [2.45, 2.75) is 26.4 Å². The summed E-state index contributed by atoms with van der Waals surface area (Å²) < 4.78 is 6.51. The summed E-state index contributed by atoms with van der Waals surface area (Å²) in [6, 6.07) is 13.8. The molecule has 0 aromatic heterocycles. The molecule has 2 amide bonds. The van der Waals surface area contributed by atoms with Gasteiger partial charge < -0.3 is 15.0 Å². The summed E-state index contributed by atoms with van der Waals surface area (Å²) in [5.41, 5.74) is 0.882. The van der Waals surface area contributed by atoms with Crippen LogP contribution in [-0.2, 0) is 16.1 Å². The molecule has 0 heterocycles. The second kappa shape index (κ2) is 10.3. The summed E-state index contributed by atoms with van der Waals surface area (Å²) in [7, 11) is 0. The molecule has 1 atom stereocenters. The predicted octanol–water partition coefficient (Wildman–Crippen LogP) is 4.03. The van der Waals surface area contributed by atoms with Crippen LogP contribution in [0.25, 0.3) is 0 Å². The van der Waals surface area contributed by atoms with E-state index in [9.17, 15) is 9.59 Å². The summed E-state index contributed by atoms with van der Waals surface area (Å²) in [6.45, 7) is 4.18. The SMILES string of the molecule is CCNC(=O)[C@@H](C)N(Cc1ccc(Cl)cc1)C(=O)COc1ccc(Br)cc1. The number of hydrogen-bond acceptors (Lipinski definition) is 3. The highest BCUT2D eigenvalue weighted by Gasteiger charge is 2.26. The van der Waals surface area contributed by atoms with Crippen molar-refractivity contribution in [2.24, 2.45) is 0 Å². The molecule has 0 unspecified atom stereocenters. The Morgan fingerprint density at radius 3 is 2.37 bits per heavy atom. The van der Waals surface area contributed by atoms with Crippen molar-refractivity contribution < 1.29 is 14.3 Å². The van der Waals surface area contributed by atoms with Crippen LogP contribution in [0.2, 0.25) is 5.02 Å². The zero-order chi connectivity index (χ0) is 19.8. The van der Waals surface area contributed by atoms with Crippen molar-refractivity contribution in [2.75, 3.05) is 13.2 Å². The zero-order valence-corrected chi connectivity index (χ0v) is 17.6. The van der Waals surface area contributed by atoms with E-state index in [0.29, 0.717) is 17.3 Å². The maximum atomic E-state index is 12.8. The number of amides is 2. The van der Waals surface area contributed by atoms with Crippen LogP contribution in [-0.4, -0.2) is 35.9 Å². The Kier molecular flexibility index (Phi) is 8.13. The summed E-state index contributed by atoms with van der Waals surface area (Å²) in [6.07, 6.45) is 0. The third-order valence-electron chi connectivity index (χ3n) is 3.96. The first kappa shape index (κ1) is 21.3. The normalized spacial score (nSPS) is 11.6. The number of benzene rings is 2. The molecule has 0 bridgehead atoms. The van der Waals surface area contributed by atoms with Gasteiger partial charge in [0, 0.05) is 22.6 Å². The third kappa shape index (κ3) is 6.56. The summed E-state index contributed by atoms with van der Waals surface area (Å²) in [5, 5.41) is 3.37. The van der Waals surface area contributed by atoms with Crippen LogP contribution in [0.5, 0.6) is 5.75 Å². The first-order valence-electron chi connectivity index (χ1n) is 8.60. The monoisotopic (exact) mass is 452 g/mol. The van der Waals surface area contributed by atoms with E-state index in [1.165, 1.54) is 4.90 Å². The number of ether oxygens (including phenoxy) is 1. The van der Waals surface area contributed by atoms with Crippen LogP contribution in [0, 0.1) is 0 Å². The smallest absolute Gasteiger partial charge is 0.261 e. The van der Waals surface area contributed by atoms with Gasteiger partial charge in [0.2, 0.25) is 5.91 Å². The fourth-order valence-electron chi connectivity index (χ4n) is 2.45. The highest BCUT2D eigenvalue weighted by Crippen LogP contribution is 2.17. The number of carbonyl (C=O) groups is 2. The number of likely N-dealkylation sites (N-methyl/N-ethyl adjacent to an activating group) is 1. The molecule has 1 N–H and O–H groups in total. The van der Waals surface area contributed by atoms with Gasteiger partial charge in [-0.3, -0.25) is 9.59 Å². The van der Waals surface area contributed by atoms with Gasteiger partial charge in [-0.05, 0) is 55.8 Å². The molecule has 144 valence electrons. The fraction of sp³-hybridized carbons (Fsp3) is 0.300. The molecule has 0 saturated carbocycles. The molecule has 0 aliphatic heterocycles. The van der Waals surface area contributed by atoms with Crippen LogP contribution < -0.4 is 10.1 Å². The van der Waals surface area contributed by atoms with Gasteiger partial charge in [-0.2, -0.15) is 0 Å². The second-order valence-electron chi connectivity index (χ2n) is 5.96. The predicted molar refractivity (Wildman–Crippen MR) is 110 cm³/mol. The van der Waals surface area contributed by atoms with Gasteiger partial charge >= 0.3 is 0 Å². The van der Waals surface area contributed by atoms with Crippen LogP contribution in [0.4, 0.5) is 0 Å². The highest BCUT2D eigenvalue weighted by molar-refractivity contribution is 9.10. The second-order valence-corrected chi connectivity index (χ2v) is 7.31. The number of carbonyl (C=O) groups excluding carboxylic acids is 2. The minimum Gasteiger partial charge on any atom is -0.484 e. The van der Waals surface area contributed by atoms with Crippen LogP contribution in [0.1, 0.15) is 19.4 Å². The first-order valence-corrected chi connectivity index (χ1v) is 9.77. The van der Waals surface area contributed by atoms with E-state index >= 15 is 0 Å². The van der Waals surface area contributed by atoms with E-state index in [-0.39, 0.29) is 25.0 Å². The fourth-order valence-corrected chi connectivity index (χ4v) is 2.84. The van der Waals surface area contributed by atoms with Crippen molar-refractivity contribution in [3.63, 3.8) is 0 Å². The molecule has 5 nitrogen and oxygen atoms in total. The molecule has 2 aromatic rings. The lowest BCUT2D eigenvalue weighted by Crippen LogP contribution is -2.49. The van der Waals surface area contributed by atoms with E-state index < -0.39 is 6.04 Å². The van der Waals surface area contributed by atoms with Gasteiger partial charge in [0.1, 0.15) is 11.8 Å². The number of nitrogens with zero attached hydrogens (tertiary/aromatic N) is 1. The van der Waals surface area contributed by atoms with Gasteiger partial charge in [-0.15, -0.1) is 0 Å². The van der Waals surface area contributed by atoms with E-state index in [2.05, 4.69) is 21.2 Å². The Morgan fingerprint density at radius 2 is 1.78 bits per heavy atom. The Bertz CT molecular complexity index is 766. The molecule has 0 spiro atoms. The maximum absolute atomic E-state index is 12.8. The zero-order valence-electron chi connectivity index (χ0n) is 15.2. The number of hydrogen-bond donors (Lipinski definition) is 1. The number of halogens is 2. The lowest BCUT2D eigenvalue weighted by molar-refractivity contribution is -0.142. The molecule has 0 fully saturated rings. The molecule has 27 heavy (non-hydrogen) atoms. The molecule has 0 saturated heterocycles. The Hall–Kier alpha value is -2.05. The number of rotatable bonds is 8. The average molecular weight is 454 g/mol. The quantitative estimate of drug-likeness (QED) is 0.656. The van der Waals surface area contributed by atoms with E-state index in [4.69, 9.17) is 16.3 Å². The third-order valence-corrected chi connectivity index (χ3v) is 4.74. The molecule has 2 aromatic carbocycles. The summed E-state index contributed by atoms with van der Waals surface area (Å²) in [4.78, 5) is 26.6. The van der Waals surface area contributed by atoms with Crippen LogP contribution in [0.15, 0.2) is 53.0 Å². The Morgan fingerprint density at radius 1 is 1.15 bits per heavy atom. The average Bonchev–Trinajstić information content (AvgIpc) is 2.66. The lowest BCUT2D eigenvalue weighted by Gasteiger charge is -2.28. The minimum atomic E-state index is -0.623. The van der Waals surface area contributed by atoms with Gasteiger partial charge in [0.15, 0.2) is 6.61 Å². The van der Waals surface area contributed by atoms with E-state index in [1.54, 1.807) is 31.2 Å². The topological polar surface area (TPSA) is 58.6 Å². The molecular formula is C20H22BrClN2O3. The summed E-state index contributed by atoms with van der Waals surface area (Å²) >= 11 is 9.28. The van der Waals surface area contributed by atoms with Crippen molar-refractivity contribution in [1.82, 2.24) is 10.2 Å². The highest BCUT2D eigenvalue weighted by atomic mass is 79.9. The van der Waals surface area contributed by atoms with E-state index in [0.717, 1.165) is 10.0 Å². The first-order chi connectivity index (χ1) is 12.9. The molecule has 2 rings (SSSR count). The molecule has 0 aliphatic carbocycles. The largest absolute Gasteiger partial charge is 0.484 e. The van der Waals surface area contributed by atoms with Crippen molar-refractivity contribution in [3.8, 4) is 5.75 Å². The molecular weight excluding hydrogens is 432 g/mol. The molecule has 7 heteroatoms. The molecule has 0 aliphatic rings. The molecule has 0 radical (unpaired) electrons. The van der Waals surface area contributed by atoms with Gasteiger partial charge in [-0.25, -0.2) is 0 Å². The van der Waals surface area contributed by atoms with Crippen LogP contribution >= 0.6 is 27.5 Å². The minimum absolute atomic E-state index is 0.154. The Labute approximate surface area is 172 Å². The maximum Gasteiger partial charge on any atom is 0.261 e. The van der Waals surface area contributed by atoms with Gasteiger partial charge in [0.05, 0.1) is 0 Å². The Balaban J connectivity index is 2.11. The van der Waals surface area contributed by atoms with Crippen LogP contribution in [0.3, 0.4) is 0 Å². The lowest BCUT2D eigenvalue weighted by atomic mass is 10.1. The standard InChI is InChI=1S/C20H22BrClN2O3/c1-3-23-20(26)14(2)24(12-15-4-8-17(22)9-5-15)19(25)13-27-18-10-6-16(21)7-11-18/h4-11,14H,3,12-13H2,1-2H3,(H,23,26)/t14-/m1/s1. The summed E-state index contributed by atoms with van der Waals surface area (Å²) in [5.74, 6) is 0.110. The van der Waals surface area contributed by atoms with Crippen molar-refractivity contribution >= 4 is 39.3 Å². The van der Waals surface area contributed by atoms with Crippen molar-refractivity contribution in [3.05, 3.63) is 63.6 Å². The van der Waals surface area contributed by atoms with Gasteiger partial charge in [-0.1, -0.05) is 39.7 Å².